The molecule has 0 heterocycles. The van der Waals surface area contributed by atoms with Gasteiger partial charge in [-0.3, -0.25) is 0 Å². The molecule has 0 radical (unpaired) electrons. The molecule has 0 unspecified atom stereocenters. The minimum absolute atomic E-state index is 0.0126. The van der Waals surface area contributed by atoms with Gasteiger partial charge in [0.25, 0.3) is 0 Å². The number of alkyl carbamates (subject to hydrolysis) is 1. The zero-order chi connectivity index (χ0) is 28.0. The molecule has 0 saturated carbocycles. The summed E-state index contributed by atoms with van der Waals surface area (Å²) in [6.45, 7) is 6.58. The summed E-state index contributed by atoms with van der Waals surface area (Å²) in [5.41, 5.74) is 5.00. The molecule has 0 fully saturated rings. The summed E-state index contributed by atoms with van der Waals surface area (Å²) < 4.78 is 22.3. The topological polar surface area (TPSA) is 86.3 Å². The highest BCUT2D eigenvalue weighted by molar-refractivity contribution is 5.79. The number of hydrogen-bond acceptors (Lipinski definition) is 6. The van der Waals surface area contributed by atoms with Crippen molar-refractivity contribution in [2.75, 3.05) is 33.9 Å². The monoisotopic (exact) mass is 532 g/mol. The molecule has 0 atom stereocenters. The van der Waals surface area contributed by atoms with Gasteiger partial charge < -0.3 is 29.2 Å². The Morgan fingerprint density at radius 1 is 0.923 bits per heavy atom. The molecule has 0 aliphatic heterocycles. The van der Waals surface area contributed by atoms with Crippen LogP contribution in [0.5, 0.6) is 11.5 Å². The van der Waals surface area contributed by atoms with E-state index in [0.29, 0.717) is 18.0 Å². The highest BCUT2D eigenvalue weighted by Crippen LogP contribution is 2.44. The summed E-state index contributed by atoms with van der Waals surface area (Å²) in [5.74, 6) is 1.08. The number of nitrogens with zero attached hydrogens (tertiary/aromatic N) is 1. The molecule has 206 valence electrons. The van der Waals surface area contributed by atoms with Gasteiger partial charge in [0.2, 0.25) is 0 Å². The standard InChI is InChI=1S/C31H36N2O6/c1-31(2,3)39-29(34)32-19-21-14-15-27(28(18-21)36-5)37-17-16-33(4)30(35)38-20-26-24-12-8-6-10-22(24)23-11-7-9-13-25(23)26/h6-15,18,26H,16-17,19-20H2,1-5H3,(H,32,34). The largest absolute Gasteiger partial charge is 0.493 e. The van der Waals surface area contributed by atoms with Crippen molar-refractivity contribution < 1.29 is 28.5 Å². The van der Waals surface area contributed by atoms with Gasteiger partial charge in [-0.25, -0.2) is 9.59 Å². The van der Waals surface area contributed by atoms with E-state index >= 15 is 0 Å². The summed E-state index contributed by atoms with van der Waals surface area (Å²) in [7, 11) is 3.24. The van der Waals surface area contributed by atoms with Crippen molar-refractivity contribution in [2.24, 2.45) is 0 Å². The molecule has 4 rings (SSSR count). The first-order valence-electron chi connectivity index (χ1n) is 13.0. The Balaban J connectivity index is 1.26. The lowest BCUT2D eigenvalue weighted by Crippen LogP contribution is -2.32. The molecule has 8 heteroatoms. The van der Waals surface area contributed by atoms with Crippen LogP contribution in [0.2, 0.25) is 0 Å². The summed E-state index contributed by atoms with van der Waals surface area (Å²) in [4.78, 5) is 26.1. The van der Waals surface area contributed by atoms with E-state index in [1.165, 1.54) is 27.2 Å². The summed E-state index contributed by atoms with van der Waals surface area (Å²) in [5, 5.41) is 2.72. The number of likely N-dealkylation sites (N-methyl/N-ethyl adjacent to an activating group) is 1. The molecular formula is C31H36N2O6. The van der Waals surface area contributed by atoms with Gasteiger partial charge in [-0.05, 0) is 60.7 Å². The number of methoxy groups -OCH3 is 1. The van der Waals surface area contributed by atoms with Crippen LogP contribution in [0, 0.1) is 0 Å². The van der Waals surface area contributed by atoms with Crippen molar-refractivity contribution >= 4 is 12.2 Å². The maximum absolute atomic E-state index is 12.7. The molecule has 3 aromatic rings. The lowest BCUT2D eigenvalue weighted by molar-refractivity contribution is 0.0523. The van der Waals surface area contributed by atoms with Crippen LogP contribution >= 0.6 is 0 Å². The second kappa shape index (κ2) is 12.1. The van der Waals surface area contributed by atoms with Gasteiger partial charge in [-0.15, -0.1) is 0 Å². The molecule has 1 aliphatic carbocycles. The molecule has 0 aromatic heterocycles. The minimum atomic E-state index is -0.563. The van der Waals surface area contributed by atoms with E-state index in [1.54, 1.807) is 26.3 Å². The van der Waals surface area contributed by atoms with Gasteiger partial charge >= 0.3 is 12.2 Å². The lowest BCUT2D eigenvalue weighted by Gasteiger charge is -2.20. The average molecular weight is 533 g/mol. The smallest absolute Gasteiger partial charge is 0.409 e. The van der Waals surface area contributed by atoms with Crippen molar-refractivity contribution in [1.82, 2.24) is 10.2 Å². The van der Waals surface area contributed by atoms with Gasteiger partial charge in [0.15, 0.2) is 11.5 Å². The molecule has 0 bridgehead atoms. The quantitative estimate of drug-likeness (QED) is 0.365. The Hall–Kier alpha value is -4.20. The van der Waals surface area contributed by atoms with Crippen molar-refractivity contribution in [2.45, 2.75) is 38.8 Å². The van der Waals surface area contributed by atoms with Gasteiger partial charge in [-0.1, -0.05) is 54.6 Å². The van der Waals surface area contributed by atoms with Gasteiger partial charge in [0.05, 0.1) is 13.7 Å². The first-order valence-corrected chi connectivity index (χ1v) is 13.0. The van der Waals surface area contributed by atoms with Crippen molar-refractivity contribution in [3.63, 3.8) is 0 Å². The number of nitrogens with one attached hydrogen (secondary N) is 1. The molecule has 3 aromatic carbocycles. The highest BCUT2D eigenvalue weighted by atomic mass is 16.6. The Morgan fingerprint density at radius 2 is 1.56 bits per heavy atom. The molecule has 8 nitrogen and oxygen atoms in total. The number of ether oxygens (including phenoxy) is 4. The maximum Gasteiger partial charge on any atom is 0.409 e. The highest BCUT2D eigenvalue weighted by Gasteiger charge is 2.29. The van der Waals surface area contributed by atoms with Crippen LogP contribution in [-0.2, 0) is 16.0 Å². The van der Waals surface area contributed by atoms with Crippen LogP contribution in [0.4, 0.5) is 9.59 Å². The molecule has 2 amide bonds. The number of rotatable bonds is 9. The van der Waals surface area contributed by atoms with E-state index in [0.717, 1.165) is 5.56 Å². The number of fused-ring (bicyclic) bond motifs is 3. The SMILES string of the molecule is COc1cc(CNC(=O)OC(C)(C)C)ccc1OCCN(C)C(=O)OCC1c2ccccc2-c2ccccc21. The molecule has 0 spiro atoms. The lowest BCUT2D eigenvalue weighted by atomic mass is 9.98. The number of benzene rings is 3. The van der Waals surface area contributed by atoms with Crippen LogP contribution < -0.4 is 14.8 Å². The Labute approximate surface area is 229 Å². The zero-order valence-corrected chi connectivity index (χ0v) is 23.2. The third-order valence-corrected chi connectivity index (χ3v) is 6.40. The number of amides is 2. The molecule has 1 aliphatic rings. The second-order valence-corrected chi connectivity index (χ2v) is 10.4. The van der Waals surface area contributed by atoms with Crippen LogP contribution in [0.1, 0.15) is 43.4 Å². The third kappa shape index (κ3) is 7.02. The first-order chi connectivity index (χ1) is 18.7. The van der Waals surface area contributed by atoms with E-state index in [4.69, 9.17) is 18.9 Å². The molecule has 39 heavy (non-hydrogen) atoms. The molecule has 1 N–H and O–H groups in total. The van der Waals surface area contributed by atoms with E-state index in [9.17, 15) is 9.59 Å². The maximum atomic E-state index is 12.7. The van der Waals surface area contributed by atoms with Crippen LogP contribution in [0.15, 0.2) is 66.7 Å². The third-order valence-electron chi connectivity index (χ3n) is 6.40. The Morgan fingerprint density at radius 3 is 2.18 bits per heavy atom. The van der Waals surface area contributed by atoms with E-state index in [-0.39, 0.29) is 25.7 Å². The van der Waals surface area contributed by atoms with Crippen LogP contribution in [0.3, 0.4) is 0 Å². The summed E-state index contributed by atoms with van der Waals surface area (Å²) in [6, 6.07) is 21.9. The van der Waals surface area contributed by atoms with Gasteiger partial charge in [0.1, 0.15) is 18.8 Å². The van der Waals surface area contributed by atoms with Crippen LogP contribution in [-0.4, -0.2) is 56.6 Å². The Kier molecular flexibility index (Phi) is 8.64. The Bertz CT molecular complexity index is 1270. The predicted molar refractivity (Wildman–Crippen MR) is 149 cm³/mol. The fourth-order valence-corrected chi connectivity index (χ4v) is 4.52. The number of hydrogen-bond donors (Lipinski definition) is 1. The van der Waals surface area contributed by atoms with Crippen molar-refractivity contribution in [3.05, 3.63) is 83.4 Å². The van der Waals surface area contributed by atoms with Crippen molar-refractivity contribution in [3.8, 4) is 22.6 Å². The van der Waals surface area contributed by atoms with Crippen LogP contribution in [0.25, 0.3) is 11.1 Å². The predicted octanol–water partition coefficient (Wildman–Crippen LogP) is 5.98. The average Bonchev–Trinajstić information content (AvgIpc) is 3.23. The van der Waals surface area contributed by atoms with Gasteiger partial charge in [-0.2, -0.15) is 0 Å². The molecule has 0 saturated heterocycles. The number of carbonyl (C=O) groups is 2. The first kappa shape index (κ1) is 27.8. The van der Waals surface area contributed by atoms with E-state index in [2.05, 4.69) is 29.6 Å². The fraction of sp³-hybridized carbons (Fsp3) is 0.355. The van der Waals surface area contributed by atoms with Gasteiger partial charge in [0, 0.05) is 19.5 Å². The normalized spacial score (nSPS) is 12.2. The van der Waals surface area contributed by atoms with E-state index < -0.39 is 17.8 Å². The summed E-state index contributed by atoms with van der Waals surface area (Å²) >= 11 is 0. The van der Waals surface area contributed by atoms with Crippen molar-refractivity contribution in [1.29, 1.82) is 0 Å². The fourth-order valence-electron chi connectivity index (χ4n) is 4.52. The molecular weight excluding hydrogens is 496 g/mol. The summed E-state index contributed by atoms with van der Waals surface area (Å²) in [6.07, 6.45) is -0.894. The number of carbonyl (C=O) groups excluding carboxylic acids is 2. The zero-order valence-electron chi connectivity index (χ0n) is 23.2. The second-order valence-electron chi connectivity index (χ2n) is 10.4. The van der Waals surface area contributed by atoms with E-state index in [1.807, 2.05) is 51.1 Å². The minimum Gasteiger partial charge on any atom is -0.493 e.